The van der Waals surface area contributed by atoms with Crippen LogP contribution in [0.5, 0.6) is 11.5 Å². The number of phenols is 1. The number of ether oxygens (including phenoxy) is 2. The number of phenolic OH excluding ortho intramolecular Hbond substituents is 1. The van der Waals surface area contributed by atoms with Crippen LogP contribution in [0.2, 0.25) is 0 Å². The van der Waals surface area contributed by atoms with Gasteiger partial charge in [-0.2, -0.15) is 0 Å². The number of benzene rings is 3. The van der Waals surface area contributed by atoms with Crippen molar-refractivity contribution in [3.05, 3.63) is 94.5 Å². The van der Waals surface area contributed by atoms with Crippen LogP contribution in [0.15, 0.2) is 66.7 Å². The molecule has 0 bridgehead atoms. The zero-order valence-electron chi connectivity index (χ0n) is 21.9. The van der Waals surface area contributed by atoms with Gasteiger partial charge in [-0.15, -0.1) is 0 Å². The Morgan fingerprint density at radius 2 is 1.78 bits per heavy atom. The summed E-state index contributed by atoms with van der Waals surface area (Å²) in [5.41, 5.74) is 6.29. The molecule has 6 heteroatoms. The number of aliphatic hydroxyl groups is 1. The van der Waals surface area contributed by atoms with Crippen LogP contribution < -0.4 is 10.1 Å². The Balaban J connectivity index is 1.33. The SMILES string of the molecule is COCCNCCc1ccc(CN(CCO)COc2ccccc2[C@@H]2CCc3cc(O)ccc3C2)cc1. The molecular weight excluding hydrogens is 464 g/mol. The van der Waals surface area contributed by atoms with E-state index in [9.17, 15) is 10.2 Å². The minimum Gasteiger partial charge on any atom is -0.508 e. The molecule has 198 valence electrons. The molecule has 0 aromatic heterocycles. The summed E-state index contributed by atoms with van der Waals surface area (Å²) in [5, 5.41) is 22.8. The molecule has 6 nitrogen and oxygen atoms in total. The normalized spacial score (nSPS) is 15.1. The van der Waals surface area contributed by atoms with E-state index in [4.69, 9.17) is 9.47 Å². The van der Waals surface area contributed by atoms with Crippen LogP contribution in [0.25, 0.3) is 0 Å². The highest BCUT2D eigenvalue weighted by Crippen LogP contribution is 2.38. The number of fused-ring (bicyclic) bond motifs is 1. The number of aliphatic hydroxyl groups excluding tert-OH is 1. The largest absolute Gasteiger partial charge is 0.508 e. The molecule has 4 rings (SSSR count). The van der Waals surface area contributed by atoms with Crippen LogP contribution in [0.1, 0.15) is 40.2 Å². The van der Waals surface area contributed by atoms with Crippen LogP contribution in [0.3, 0.4) is 0 Å². The molecule has 0 spiro atoms. The van der Waals surface area contributed by atoms with Gasteiger partial charge in [-0.3, -0.25) is 4.90 Å². The molecule has 3 N–H and O–H groups in total. The summed E-state index contributed by atoms with van der Waals surface area (Å²) in [6, 6.07) is 22.7. The summed E-state index contributed by atoms with van der Waals surface area (Å²) >= 11 is 0. The molecule has 37 heavy (non-hydrogen) atoms. The fraction of sp³-hybridized carbons (Fsp3) is 0.419. The molecule has 3 aromatic rings. The summed E-state index contributed by atoms with van der Waals surface area (Å²) < 4.78 is 11.4. The lowest BCUT2D eigenvalue weighted by Crippen LogP contribution is -2.31. The third-order valence-corrected chi connectivity index (χ3v) is 7.10. The number of aromatic hydroxyl groups is 1. The molecule has 1 aliphatic carbocycles. The van der Waals surface area contributed by atoms with Crippen molar-refractivity contribution in [2.75, 3.05) is 46.7 Å². The maximum atomic E-state index is 9.81. The third kappa shape index (κ3) is 8.04. The number of nitrogens with zero attached hydrogens (tertiary/aromatic N) is 1. The first kappa shape index (κ1) is 27.1. The highest BCUT2D eigenvalue weighted by Gasteiger charge is 2.23. The van der Waals surface area contributed by atoms with Gasteiger partial charge in [-0.1, -0.05) is 48.5 Å². The van der Waals surface area contributed by atoms with E-state index in [1.165, 1.54) is 27.8 Å². The van der Waals surface area contributed by atoms with E-state index < -0.39 is 0 Å². The second-order valence-electron chi connectivity index (χ2n) is 9.79. The van der Waals surface area contributed by atoms with Crippen molar-refractivity contribution in [3.8, 4) is 11.5 Å². The van der Waals surface area contributed by atoms with Crippen LogP contribution in [0, 0.1) is 0 Å². The Kier molecular flexibility index (Phi) is 10.4. The molecule has 1 atom stereocenters. The maximum absolute atomic E-state index is 9.81. The van der Waals surface area contributed by atoms with Crippen LogP contribution >= 0.6 is 0 Å². The summed E-state index contributed by atoms with van der Waals surface area (Å²) in [7, 11) is 1.72. The molecule has 0 saturated heterocycles. The molecule has 0 heterocycles. The quantitative estimate of drug-likeness (QED) is 0.225. The minimum atomic E-state index is 0.0858. The average Bonchev–Trinajstić information content (AvgIpc) is 2.92. The van der Waals surface area contributed by atoms with Gasteiger partial charge in [-0.05, 0) is 84.2 Å². The topological polar surface area (TPSA) is 74.2 Å². The third-order valence-electron chi connectivity index (χ3n) is 7.10. The predicted octanol–water partition coefficient (Wildman–Crippen LogP) is 4.27. The molecule has 0 saturated carbocycles. The van der Waals surface area contributed by atoms with Gasteiger partial charge in [0.1, 0.15) is 18.2 Å². The van der Waals surface area contributed by atoms with Crippen molar-refractivity contribution >= 4 is 0 Å². The van der Waals surface area contributed by atoms with Gasteiger partial charge in [0.05, 0.1) is 13.2 Å². The van der Waals surface area contributed by atoms with Crippen molar-refractivity contribution in [2.24, 2.45) is 0 Å². The van der Waals surface area contributed by atoms with Crippen LogP contribution in [-0.4, -0.2) is 61.8 Å². The van der Waals surface area contributed by atoms with Gasteiger partial charge in [0.25, 0.3) is 0 Å². The summed E-state index contributed by atoms with van der Waals surface area (Å²) in [6.07, 6.45) is 3.92. The second kappa shape index (κ2) is 14.1. The number of rotatable bonds is 14. The van der Waals surface area contributed by atoms with Crippen LogP contribution in [0.4, 0.5) is 0 Å². The lowest BCUT2D eigenvalue weighted by Gasteiger charge is -2.28. The number of para-hydroxylation sites is 1. The van der Waals surface area contributed by atoms with E-state index >= 15 is 0 Å². The lowest BCUT2D eigenvalue weighted by molar-refractivity contribution is 0.0959. The molecule has 0 amide bonds. The molecule has 3 aromatic carbocycles. The van der Waals surface area contributed by atoms with E-state index in [1.54, 1.807) is 13.2 Å². The fourth-order valence-corrected chi connectivity index (χ4v) is 5.05. The van der Waals surface area contributed by atoms with Crippen molar-refractivity contribution in [3.63, 3.8) is 0 Å². The average molecular weight is 505 g/mol. The van der Waals surface area contributed by atoms with E-state index in [0.717, 1.165) is 57.7 Å². The zero-order chi connectivity index (χ0) is 25.9. The lowest BCUT2D eigenvalue weighted by atomic mass is 9.80. The van der Waals surface area contributed by atoms with E-state index in [2.05, 4.69) is 46.6 Å². The van der Waals surface area contributed by atoms with E-state index in [1.807, 2.05) is 24.3 Å². The zero-order valence-corrected chi connectivity index (χ0v) is 21.9. The summed E-state index contributed by atoms with van der Waals surface area (Å²) in [4.78, 5) is 2.14. The molecular formula is C31H40N2O4. The van der Waals surface area contributed by atoms with E-state index in [0.29, 0.717) is 24.9 Å². The number of nitrogens with one attached hydrogen (secondary N) is 1. The Hall–Kier alpha value is -2.90. The summed E-state index contributed by atoms with van der Waals surface area (Å²) in [5.74, 6) is 1.64. The first-order chi connectivity index (χ1) is 18.2. The Morgan fingerprint density at radius 3 is 2.59 bits per heavy atom. The van der Waals surface area contributed by atoms with Crippen molar-refractivity contribution < 1.29 is 19.7 Å². The monoisotopic (exact) mass is 504 g/mol. The summed E-state index contributed by atoms with van der Waals surface area (Å²) in [6.45, 7) is 4.30. The van der Waals surface area contributed by atoms with Crippen LogP contribution in [-0.2, 0) is 30.5 Å². The number of hydrogen-bond donors (Lipinski definition) is 3. The highest BCUT2D eigenvalue weighted by molar-refractivity contribution is 5.42. The van der Waals surface area contributed by atoms with E-state index in [-0.39, 0.29) is 6.61 Å². The van der Waals surface area contributed by atoms with Gasteiger partial charge in [-0.25, -0.2) is 0 Å². The van der Waals surface area contributed by atoms with Crippen molar-refractivity contribution in [1.82, 2.24) is 10.2 Å². The van der Waals surface area contributed by atoms with Crippen molar-refractivity contribution in [1.29, 1.82) is 0 Å². The Morgan fingerprint density at radius 1 is 0.973 bits per heavy atom. The molecule has 0 aliphatic heterocycles. The first-order valence-corrected chi connectivity index (χ1v) is 13.3. The standard InChI is InChI=1S/C31H40N2O4/c1-36-19-16-32-15-14-24-6-8-25(9-7-24)22-33(17-18-34)23-37-31-5-3-2-4-30(31)28-11-10-27-21-29(35)13-12-26(27)20-28/h2-9,12-13,21,28,32,34-35H,10-11,14-20,22-23H2,1H3/t28-/m1/s1. The maximum Gasteiger partial charge on any atom is 0.142 e. The second-order valence-corrected chi connectivity index (χ2v) is 9.79. The Bertz CT molecular complexity index is 1100. The molecule has 0 fully saturated rings. The number of methoxy groups -OCH3 is 1. The number of aryl methyl sites for hydroxylation is 1. The van der Waals surface area contributed by atoms with Gasteiger partial charge >= 0.3 is 0 Å². The highest BCUT2D eigenvalue weighted by atomic mass is 16.5. The van der Waals surface area contributed by atoms with Gasteiger partial charge in [0.15, 0.2) is 0 Å². The van der Waals surface area contributed by atoms with Gasteiger partial charge in [0, 0.05) is 26.7 Å². The smallest absolute Gasteiger partial charge is 0.142 e. The van der Waals surface area contributed by atoms with Gasteiger partial charge in [0.2, 0.25) is 0 Å². The predicted molar refractivity (Wildman–Crippen MR) is 147 cm³/mol. The number of hydrogen-bond acceptors (Lipinski definition) is 6. The first-order valence-electron chi connectivity index (χ1n) is 13.3. The van der Waals surface area contributed by atoms with Crippen molar-refractivity contribution in [2.45, 2.75) is 38.1 Å². The molecule has 0 unspecified atom stereocenters. The van der Waals surface area contributed by atoms with Gasteiger partial charge < -0.3 is 25.0 Å². The fourth-order valence-electron chi connectivity index (χ4n) is 5.05. The Labute approximate surface area is 220 Å². The minimum absolute atomic E-state index is 0.0858. The molecule has 1 aliphatic rings. The molecule has 0 radical (unpaired) electrons.